The second kappa shape index (κ2) is 6.14. The molecular formula is C20H14BrFN2O2. The molecule has 0 aliphatic carbocycles. The van der Waals surface area contributed by atoms with Crippen LogP contribution in [0, 0.1) is 12.7 Å². The van der Waals surface area contributed by atoms with Crippen LogP contribution in [0.1, 0.15) is 5.56 Å². The highest BCUT2D eigenvalue weighted by Crippen LogP contribution is 2.39. The van der Waals surface area contributed by atoms with Crippen molar-refractivity contribution >= 4 is 21.4 Å². The van der Waals surface area contributed by atoms with Gasteiger partial charge in [0.2, 0.25) is 0 Å². The Balaban J connectivity index is 2.05. The minimum Gasteiger partial charge on any atom is -0.507 e. The highest BCUT2D eigenvalue weighted by Gasteiger charge is 2.20. The van der Waals surface area contributed by atoms with Crippen LogP contribution in [-0.4, -0.2) is 19.6 Å². The van der Waals surface area contributed by atoms with Crippen molar-refractivity contribution in [3.63, 3.8) is 0 Å². The number of hydrogen-bond donors (Lipinski definition) is 2. The number of benzene rings is 2. The van der Waals surface area contributed by atoms with Gasteiger partial charge in [0.15, 0.2) is 0 Å². The van der Waals surface area contributed by atoms with Gasteiger partial charge < -0.3 is 10.2 Å². The molecule has 2 aromatic heterocycles. The van der Waals surface area contributed by atoms with E-state index in [-0.39, 0.29) is 16.0 Å². The molecular weight excluding hydrogens is 399 g/mol. The summed E-state index contributed by atoms with van der Waals surface area (Å²) in [5.41, 5.74) is 2.96. The zero-order valence-corrected chi connectivity index (χ0v) is 15.3. The molecule has 0 bridgehead atoms. The summed E-state index contributed by atoms with van der Waals surface area (Å²) in [6, 6.07) is 13.6. The van der Waals surface area contributed by atoms with Crippen LogP contribution in [0.2, 0.25) is 0 Å². The van der Waals surface area contributed by atoms with E-state index in [9.17, 15) is 14.6 Å². The largest absolute Gasteiger partial charge is 0.507 e. The van der Waals surface area contributed by atoms with E-state index in [4.69, 9.17) is 0 Å². The molecule has 4 nitrogen and oxygen atoms in total. The van der Waals surface area contributed by atoms with Crippen molar-refractivity contribution in [3.8, 4) is 34.1 Å². The Hall–Kier alpha value is -2.86. The smallest absolute Gasteiger partial charge is 0.149 e. The Labute approximate surface area is 157 Å². The van der Waals surface area contributed by atoms with Gasteiger partial charge in [-0.05, 0) is 52.7 Å². The molecule has 2 heterocycles. The summed E-state index contributed by atoms with van der Waals surface area (Å²) >= 11 is 3.15. The van der Waals surface area contributed by atoms with E-state index in [1.165, 1.54) is 6.07 Å². The Bertz CT molecular complexity index is 1150. The summed E-state index contributed by atoms with van der Waals surface area (Å²) in [6.07, 6.45) is 1.83. The molecule has 0 spiro atoms. The molecule has 0 atom stereocenters. The number of para-hydroxylation sites is 1. The maximum absolute atomic E-state index is 13.7. The molecule has 0 saturated heterocycles. The van der Waals surface area contributed by atoms with Crippen LogP contribution in [0.5, 0.6) is 11.5 Å². The molecule has 0 unspecified atom stereocenters. The second-order valence-electron chi connectivity index (χ2n) is 5.99. The summed E-state index contributed by atoms with van der Waals surface area (Å²) < 4.78 is 15.8. The highest BCUT2D eigenvalue weighted by molar-refractivity contribution is 9.10. The topological polar surface area (TPSA) is 57.8 Å². The average molecular weight is 413 g/mol. The number of phenolic OH excluding ortho intramolecular Hbond substituents is 2. The fourth-order valence-corrected chi connectivity index (χ4v) is 3.33. The molecule has 0 saturated carbocycles. The molecule has 0 fully saturated rings. The number of halogens is 2. The lowest BCUT2D eigenvalue weighted by molar-refractivity contribution is 0.470. The first kappa shape index (κ1) is 16.6. The second-order valence-corrected chi connectivity index (χ2v) is 6.85. The normalized spacial score (nSPS) is 11.2. The Morgan fingerprint density at radius 2 is 1.85 bits per heavy atom. The lowest BCUT2D eigenvalue weighted by Crippen LogP contribution is -1.90. The molecule has 0 aliphatic rings. The maximum atomic E-state index is 13.7. The van der Waals surface area contributed by atoms with Crippen LogP contribution in [0.25, 0.3) is 28.2 Å². The fourth-order valence-electron chi connectivity index (χ4n) is 2.99. The number of fused-ring (bicyclic) bond motifs is 1. The number of aryl methyl sites for hydroxylation is 1. The fraction of sp³-hybridized carbons (Fsp3) is 0.0500. The van der Waals surface area contributed by atoms with E-state index in [0.29, 0.717) is 22.6 Å². The first-order valence-electron chi connectivity index (χ1n) is 7.92. The van der Waals surface area contributed by atoms with E-state index in [1.807, 2.05) is 47.9 Å². The van der Waals surface area contributed by atoms with Gasteiger partial charge in [0.1, 0.15) is 28.8 Å². The van der Waals surface area contributed by atoms with Gasteiger partial charge in [-0.15, -0.1) is 0 Å². The minimum absolute atomic E-state index is 0.152. The monoisotopic (exact) mass is 412 g/mol. The number of hydrogen-bond acceptors (Lipinski definition) is 3. The summed E-state index contributed by atoms with van der Waals surface area (Å²) in [4.78, 5) is 4.66. The molecule has 0 amide bonds. The van der Waals surface area contributed by atoms with Gasteiger partial charge in [0.25, 0.3) is 0 Å². The number of phenols is 2. The van der Waals surface area contributed by atoms with Gasteiger partial charge in [0, 0.05) is 17.8 Å². The van der Waals surface area contributed by atoms with Crippen molar-refractivity contribution in [3.05, 3.63) is 70.6 Å². The van der Waals surface area contributed by atoms with Gasteiger partial charge in [-0.2, -0.15) is 0 Å². The molecule has 26 heavy (non-hydrogen) atoms. The van der Waals surface area contributed by atoms with Gasteiger partial charge in [0.05, 0.1) is 15.6 Å². The molecule has 6 heteroatoms. The van der Waals surface area contributed by atoms with E-state index in [1.54, 1.807) is 6.07 Å². The predicted octanol–water partition coefficient (Wildman–Crippen LogP) is 5.29. The van der Waals surface area contributed by atoms with Crippen LogP contribution in [-0.2, 0) is 0 Å². The summed E-state index contributed by atoms with van der Waals surface area (Å²) in [7, 11) is 0. The van der Waals surface area contributed by atoms with E-state index in [0.717, 1.165) is 17.1 Å². The van der Waals surface area contributed by atoms with Gasteiger partial charge >= 0.3 is 0 Å². The minimum atomic E-state index is -0.550. The number of aromatic hydroxyl groups is 2. The summed E-state index contributed by atoms with van der Waals surface area (Å²) in [5.74, 6) is -0.0585. The molecule has 130 valence electrons. The predicted molar refractivity (Wildman–Crippen MR) is 102 cm³/mol. The van der Waals surface area contributed by atoms with Crippen LogP contribution in [0.3, 0.4) is 0 Å². The number of nitrogens with zero attached hydrogens (tertiary/aromatic N) is 2. The number of imidazole rings is 1. The van der Waals surface area contributed by atoms with Crippen LogP contribution >= 0.6 is 15.9 Å². The third-order valence-corrected chi connectivity index (χ3v) is 4.93. The van der Waals surface area contributed by atoms with E-state index < -0.39 is 5.82 Å². The average Bonchev–Trinajstić information content (AvgIpc) is 3.00. The van der Waals surface area contributed by atoms with E-state index in [2.05, 4.69) is 20.9 Å². The zero-order chi connectivity index (χ0) is 18.4. The molecule has 0 aliphatic heterocycles. The van der Waals surface area contributed by atoms with E-state index >= 15 is 0 Å². The number of aromatic nitrogens is 2. The Kier molecular flexibility index (Phi) is 3.92. The van der Waals surface area contributed by atoms with Crippen LogP contribution in [0.15, 0.2) is 59.2 Å². The lowest BCUT2D eigenvalue weighted by Gasteiger charge is -2.06. The first-order chi connectivity index (χ1) is 12.5. The number of rotatable bonds is 2. The zero-order valence-electron chi connectivity index (χ0n) is 13.7. The van der Waals surface area contributed by atoms with Crippen molar-refractivity contribution in [1.29, 1.82) is 0 Å². The highest BCUT2D eigenvalue weighted by atomic mass is 79.9. The SMILES string of the molecule is Cc1cccc(-c2nc(-c3cc(Br)c(F)cc3O)c3ccccn23)c1O. The maximum Gasteiger partial charge on any atom is 0.149 e. The quantitative estimate of drug-likeness (QED) is 0.470. The number of pyridine rings is 1. The summed E-state index contributed by atoms with van der Waals surface area (Å²) in [6.45, 7) is 1.82. The van der Waals surface area contributed by atoms with Crippen molar-refractivity contribution in [1.82, 2.24) is 9.38 Å². The van der Waals surface area contributed by atoms with Crippen molar-refractivity contribution < 1.29 is 14.6 Å². The summed E-state index contributed by atoms with van der Waals surface area (Å²) in [5, 5.41) is 20.7. The Morgan fingerprint density at radius 3 is 2.65 bits per heavy atom. The standard InChI is InChI=1S/C20H14BrFN2O2/c1-11-5-4-6-12(19(11)26)20-23-18(16-7-2-3-8-24(16)20)13-9-14(21)15(22)10-17(13)25/h2-10,25-26H,1H3. The molecule has 0 radical (unpaired) electrons. The van der Waals surface area contributed by atoms with Crippen LogP contribution in [0.4, 0.5) is 4.39 Å². The van der Waals surface area contributed by atoms with Gasteiger partial charge in [-0.1, -0.05) is 18.2 Å². The van der Waals surface area contributed by atoms with Gasteiger partial charge in [-0.3, -0.25) is 4.40 Å². The third kappa shape index (κ3) is 2.54. The Morgan fingerprint density at radius 1 is 1.04 bits per heavy atom. The molecule has 4 aromatic rings. The molecule has 4 rings (SSSR count). The van der Waals surface area contributed by atoms with Crippen molar-refractivity contribution in [2.45, 2.75) is 6.92 Å². The third-order valence-electron chi connectivity index (χ3n) is 4.32. The van der Waals surface area contributed by atoms with Crippen molar-refractivity contribution in [2.24, 2.45) is 0 Å². The lowest BCUT2D eigenvalue weighted by atomic mass is 10.1. The van der Waals surface area contributed by atoms with Crippen LogP contribution < -0.4 is 0 Å². The van der Waals surface area contributed by atoms with Gasteiger partial charge in [-0.25, -0.2) is 9.37 Å². The first-order valence-corrected chi connectivity index (χ1v) is 8.71. The molecule has 2 N–H and O–H groups in total. The van der Waals surface area contributed by atoms with Crippen molar-refractivity contribution in [2.75, 3.05) is 0 Å². The molecule has 2 aromatic carbocycles.